The molecule has 3 rings (SSSR count). The van der Waals surface area contributed by atoms with Crippen LogP contribution in [0.5, 0.6) is 0 Å². The molecule has 0 spiro atoms. The van der Waals surface area contributed by atoms with E-state index in [4.69, 9.17) is 0 Å². The number of carbonyl (C=O) groups is 2. The molecule has 122 valence electrons. The molecule has 1 heterocycles. The minimum Gasteiger partial charge on any atom is -0.503 e. The van der Waals surface area contributed by atoms with Crippen LogP contribution < -0.4 is 0 Å². The number of benzene rings is 2. The third-order valence-corrected chi connectivity index (χ3v) is 4.59. The molecule has 24 heavy (non-hydrogen) atoms. The van der Waals surface area contributed by atoms with Crippen LogP contribution in [0.25, 0.3) is 0 Å². The summed E-state index contributed by atoms with van der Waals surface area (Å²) in [5.41, 5.74) is 1.88. The molecular formula is C19H16BrNO3. The average molecular weight is 386 g/mol. The van der Waals surface area contributed by atoms with Gasteiger partial charge in [0.2, 0.25) is 0 Å². The van der Waals surface area contributed by atoms with Gasteiger partial charge in [-0.2, -0.15) is 0 Å². The first-order valence-corrected chi connectivity index (χ1v) is 8.32. The second-order valence-corrected chi connectivity index (χ2v) is 6.61. The highest BCUT2D eigenvalue weighted by atomic mass is 79.9. The van der Waals surface area contributed by atoms with Gasteiger partial charge in [0.15, 0.2) is 11.5 Å². The van der Waals surface area contributed by atoms with E-state index in [0.29, 0.717) is 6.54 Å². The fourth-order valence-electron chi connectivity index (χ4n) is 2.95. The summed E-state index contributed by atoms with van der Waals surface area (Å²) in [4.78, 5) is 26.1. The van der Waals surface area contributed by atoms with Crippen LogP contribution in [0, 0.1) is 0 Å². The molecule has 1 aliphatic heterocycles. The summed E-state index contributed by atoms with van der Waals surface area (Å²) in [6.45, 7) is 1.69. The van der Waals surface area contributed by atoms with E-state index in [1.165, 1.54) is 11.8 Å². The maximum absolute atomic E-state index is 12.5. The number of nitrogens with zero attached hydrogens (tertiary/aromatic N) is 1. The van der Waals surface area contributed by atoms with Gasteiger partial charge in [-0.1, -0.05) is 58.4 Å². The molecule has 2 aromatic carbocycles. The molecule has 0 unspecified atom stereocenters. The van der Waals surface area contributed by atoms with Crippen molar-refractivity contribution in [1.29, 1.82) is 0 Å². The third kappa shape index (κ3) is 2.99. The van der Waals surface area contributed by atoms with E-state index in [2.05, 4.69) is 15.9 Å². The number of hydrogen-bond acceptors (Lipinski definition) is 3. The maximum atomic E-state index is 12.5. The van der Waals surface area contributed by atoms with E-state index < -0.39 is 17.7 Å². The highest BCUT2D eigenvalue weighted by molar-refractivity contribution is 9.10. The topological polar surface area (TPSA) is 57.6 Å². The zero-order chi connectivity index (χ0) is 17.3. The minimum absolute atomic E-state index is 0.151. The first kappa shape index (κ1) is 16.5. The van der Waals surface area contributed by atoms with Crippen molar-refractivity contribution in [3.05, 3.63) is 81.5 Å². The Labute approximate surface area is 148 Å². The molecule has 0 saturated carbocycles. The molecule has 0 aromatic heterocycles. The summed E-state index contributed by atoms with van der Waals surface area (Å²) in [5, 5.41) is 10.2. The van der Waals surface area contributed by atoms with Gasteiger partial charge in [0.1, 0.15) is 0 Å². The largest absolute Gasteiger partial charge is 0.503 e. The molecule has 0 aliphatic carbocycles. The fraction of sp³-hybridized carbons (Fsp3) is 0.158. The highest BCUT2D eigenvalue weighted by Gasteiger charge is 2.42. The normalized spacial score (nSPS) is 17.5. The highest BCUT2D eigenvalue weighted by Crippen LogP contribution is 2.38. The van der Waals surface area contributed by atoms with Gasteiger partial charge in [0.05, 0.1) is 11.6 Å². The first-order valence-electron chi connectivity index (χ1n) is 7.53. The van der Waals surface area contributed by atoms with Crippen LogP contribution in [-0.2, 0) is 16.1 Å². The van der Waals surface area contributed by atoms with E-state index in [9.17, 15) is 14.7 Å². The smallest absolute Gasteiger partial charge is 0.290 e. The van der Waals surface area contributed by atoms with Crippen LogP contribution in [0.1, 0.15) is 24.1 Å². The molecule has 0 fully saturated rings. The zero-order valence-electron chi connectivity index (χ0n) is 13.1. The van der Waals surface area contributed by atoms with Crippen molar-refractivity contribution in [1.82, 2.24) is 4.90 Å². The quantitative estimate of drug-likeness (QED) is 0.866. The predicted octanol–water partition coefficient (Wildman–Crippen LogP) is 3.93. The lowest BCUT2D eigenvalue weighted by atomic mass is 9.96. The van der Waals surface area contributed by atoms with E-state index in [1.807, 2.05) is 54.6 Å². The second-order valence-electron chi connectivity index (χ2n) is 5.69. The number of carbonyl (C=O) groups excluding carboxylic acids is 2. The molecule has 0 bridgehead atoms. The number of ketones is 1. The van der Waals surface area contributed by atoms with Crippen molar-refractivity contribution in [2.24, 2.45) is 0 Å². The number of hydrogen-bond donors (Lipinski definition) is 1. The van der Waals surface area contributed by atoms with E-state index >= 15 is 0 Å². The Hall–Kier alpha value is -2.40. The minimum atomic E-state index is -0.580. The molecule has 2 aromatic rings. The van der Waals surface area contributed by atoms with Crippen molar-refractivity contribution in [3.63, 3.8) is 0 Å². The van der Waals surface area contributed by atoms with Crippen LogP contribution in [0.2, 0.25) is 0 Å². The van der Waals surface area contributed by atoms with Gasteiger partial charge in [0.25, 0.3) is 5.91 Å². The predicted molar refractivity (Wildman–Crippen MR) is 94.2 cm³/mol. The Kier molecular flexibility index (Phi) is 4.53. The molecule has 1 atom stereocenters. The third-order valence-electron chi connectivity index (χ3n) is 4.06. The lowest BCUT2D eigenvalue weighted by Gasteiger charge is -2.26. The summed E-state index contributed by atoms with van der Waals surface area (Å²) in [7, 11) is 0. The average Bonchev–Trinajstić information content (AvgIpc) is 2.82. The first-order chi connectivity index (χ1) is 11.5. The second kappa shape index (κ2) is 6.61. The van der Waals surface area contributed by atoms with Gasteiger partial charge >= 0.3 is 0 Å². The molecule has 0 saturated heterocycles. The SMILES string of the molecule is CC(=O)C1=C(O)C(=O)N(Cc2ccccc2)[C@@H]1c1ccc(Br)cc1. The molecule has 1 amide bonds. The lowest BCUT2D eigenvalue weighted by molar-refractivity contribution is -0.130. The van der Waals surface area contributed by atoms with Gasteiger partial charge in [0, 0.05) is 11.0 Å². The summed E-state index contributed by atoms with van der Waals surface area (Å²) in [6.07, 6.45) is 0. The van der Waals surface area contributed by atoms with Crippen LogP contribution in [0.4, 0.5) is 0 Å². The van der Waals surface area contributed by atoms with Crippen molar-refractivity contribution in [3.8, 4) is 0 Å². The maximum Gasteiger partial charge on any atom is 0.290 e. The Morgan fingerprint density at radius 3 is 2.33 bits per heavy atom. The molecule has 5 heteroatoms. The monoisotopic (exact) mass is 385 g/mol. The van der Waals surface area contributed by atoms with E-state index in [-0.39, 0.29) is 11.4 Å². The molecule has 0 radical (unpaired) electrons. The number of amides is 1. The Bertz CT molecular complexity index is 812. The van der Waals surface area contributed by atoms with Crippen molar-refractivity contribution in [2.75, 3.05) is 0 Å². The number of halogens is 1. The fourth-order valence-corrected chi connectivity index (χ4v) is 3.21. The summed E-state index contributed by atoms with van der Waals surface area (Å²) in [5.74, 6) is -1.27. The lowest BCUT2D eigenvalue weighted by Crippen LogP contribution is -2.30. The number of Topliss-reactive ketones (excluding diaryl/α,β-unsaturated/α-hetero) is 1. The Balaban J connectivity index is 2.04. The van der Waals surface area contributed by atoms with Gasteiger partial charge in [-0.25, -0.2) is 0 Å². The standard InChI is InChI=1S/C19H16BrNO3/c1-12(22)16-17(14-7-9-15(20)10-8-14)21(19(24)18(16)23)11-13-5-3-2-4-6-13/h2-10,17,23H,11H2,1H3/t17-/m1/s1. The summed E-state index contributed by atoms with van der Waals surface area (Å²) >= 11 is 3.38. The number of aliphatic hydroxyl groups excluding tert-OH is 1. The van der Waals surface area contributed by atoms with Crippen LogP contribution in [0.15, 0.2) is 70.4 Å². The Morgan fingerprint density at radius 1 is 1.12 bits per heavy atom. The molecule has 4 nitrogen and oxygen atoms in total. The zero-order valence-corrected chi connectivity index (χ0v) is 14.7. The van der Waals surface area contributed by atoms with Crippen LogP contribution >= 0.6 is 15.9 Å². The van der Waals surface area contributed by atoms with Crippen molar-refractivity contribution >= 4 is 27.6 Å². The van der Waals surface area contributed by atoms with Gasteiger partial charge < -0.3 is 10.0 Å². The van der Waals surface area contributed by atoms with E-state index in [1.54, 1.807) is 0 Å². The Morgan fingerprint density at radius 2 is 1.75 bits per heavy atom. The van der Waals surface area contributed by atoms with Crippen molar-refractivity contribution in [2.45, 2.75) is 19.5 Å². The summed E-state index contributed by atoms with van der Waals surface area (Å²) < 4.78 is 0.905. The summed E-state index contributed by atoms with van der Waals surface area (Å²) in [6, 6.07) is 16.3. The van der Waals surface area contributed by atoms with Gasteiger partial charge in [-0.15, -0.1) is 0 Å². The van der Waals surface area contributed by atoms with E-state index in [0.717, 1.165) is 15.6 Å². The molecular weight excluding hydrogens is 370 g/mol. The van der Waals surface area contributed by atoms with Gasteiger partial charge in [-0.3, -0.25) is 9.59 Å². The molecule has 1 N–H and O–H groups in total. The molecule has 1 aliphatic rings. The van der Waals surface area contributed by atoms with Gasteiger partial charge in [-0.05, 0) is 30.2 Å². The van der Waals surface area contributed by atoms with Crippen molar-refractivity contribution < 1.29 is 14.7 Å². The number of rotatable bonds is 4. The van der Waals surface area contributed by atoms with Crippen LogP contribution in [0.3, 0.4) is 0 Å². The van der Waals surface area contributed by atoms with Crippen LogP contribution in [-0.4, -0.2) is 21.7 Å². The number of aliphatic hydroxyl groups is 1.